The fourth-order valence-corrected chi connectivity index (χ4v) is 1.77. The highest BCUT2D eigenvalue weighted by Crippen LogP contribution is 1.94. The molecule has 0 bridgehead atoms. The summed E-state index contributed by atoms with van der Waals surface area (Å²) >= 11 is 0. The van der Waals surface area contributed by atoms with Crippen LogP contribution in [0.5, 0.6) is 0 Å². The Kier molecular flexibility index (Phi) is 6.28. The summed E-state index contributed by atoms with van der Waals surface area (Å²) in [7, 11) is -3.27. The Morgan fingerprint density at radius 2 is 1.85 bits per heavy atom. The molecule has 0 aromatic carbocycles. The third-order valence-electron chi connectivity index (χ3n) is 1.89. The van der Waals surface area contributed by atoms with Crippen LogP contribution in [-0.4, -0.2) is 38.7 Å². The van der Waals surface area contributed by atoms with E-state index in [9.17, 15) is 8.42 Å². The lowest BCUT2D eigenvalue weighted by atomic mass is 10.3. The lowest BCUT2D eigenvalue weighted by Crippen LogP contribution is -2.28. The van der Waals surface area contributed by atoms with Gasteiger partial charge in [-0.3, -0.25) is 0 Å². The molecular formula is C8H20N2O2S. The van der Waals surface area contributed by atoms with Crippen LogP contribution in [0.2, 0.25) is 0 Å². The second kappa shape index (κ2) is 6.34. The minimum atomic E-state index is -3.27. The second-order valence-electron chi connectivity index (χ2n) is 3.15. The summed E-state index contributed by atoms with van der Waals surface area (Å²) in [4.78, 5) is 2.23. The van der Waals surface area contributed by atoms with Gasteiger partial charge in [-0.15, -0.1) is 0 Å². The summed E-state index contributed by atoms with van der Waals surface area (Å²) in [5, 5.41) is 4.89. The molecule has 13 heavy (non-hydrogen) atoms. The van der Waals surface area contributed by atoms with Gasteiger partial charge in [-0.2, -0.15) is 0 Å². The number of primary sulfonamides is 1. The molecule has 0 aromatic rings. The molecular weight excluding hydrogens is 188 g/mol. The van der Waals surface area contributed by atoms with Crippen molar-refractivity contribution in [3.8, 4) is 0 Å². The molecule has 0 saturated heterocycles. The van der Waals surface area contributed by atoms with Crippen molar-refractivity contribution in [2.24, 2.45) is 5.14 Å². The molecule has 80 valence electrons. The first-order chi connectivity index (χ1) is 5.99. The first-order valence-electron chi connectivity index (χ1n) is 4.72. The number of rotatable bonds is 7. The number of hydrogen-bond donors (Lipinski definition) is 1. The highest BCUT2D eigenvalue weighted by atomic mass is 32.2. The van der Waals surface area contributed by atoms with E-state index < -0.39 is 10.0 Å². The Labute approximate surface area is 81.2 Å². The molecule has 0 aliphatic heterocycles. The lowest BCUT2D eigenvalue weighted by molar-refractivity contribution is 0.290. The van der Waals surface area contributed by atoms with Gasteiger partial charge >= 0.3 is 0 Å². The van der Waals surface area contributed by atoms with Gasteiger partial charge in [-0.25, -0.2) is 13.6 Å². The van der Waals surface area contributed by atoms with Gasteiger partial charge in [0.15, 0.2) is 0 Å². The Morgan fingerprint density at radius 1 is 1.23 bits per heavy atom. The van der Waals surface area contributed by atoms with Crippen molar-refractivity contribution in [3.05, 3.63) is 0 Å². The summed E-state index contributed by atoms with van der Waals surface area (Å²) in [5.74, 6) is 0.0905. The average Bonchev–Trinajstić information content (AvgIpc) is 2.01. The molecule has 0 rings (SSSR count). The van der Waals surface area contributed by atoms with Crippen LogP contribution < -0.4 is 5.14 Å². The van der Waals surface area contributed by atoms with Gasteiger partial charge in [0.1, 0.15) is 0 Å². The van der Waals surface area contributed by atoms with E-state index in [0.29, 0.717) is 6.42 Å². The van der Waals surface area contributed by atoms with Gasteiger partial charge < -0.3 is 4.90 Å². The standard InChI is InChI=1S/C8H20N2O2S/c1-3-6-10(4-2)7-5-8-13(9,11)12/h3-8H2,1-2H3,(H2,9,11,12). The van der Waals surface area contributed by atoms with Crippen molar-refractivity contribution in [1.29, 1.82) is 0 Å². The molecule has 0 spiro atoms. The van der Waals surface area contributed by atoms with Crippen LogP contribution in [0, 0.1) is 0 Å². The summed E-state index contributed by atoms with van der Waals surface area (Å²) < 4.78 is 21.2. The maximum atomic E-state index is 10.6. The highest BCUT2D eigenvalue weighted by molar-refractivity contribution is 7.89. The van der Waals surface area contributed by atoms with Gasteiger partial charge in [0, 0.05) is 0 Å². The van der Waals surface area contributed by atoms with Crippen LogP contribution in [0.4, 0.5) is 0 Å². The van der Waals surface area contributed by atoms with Crippen molar-refractivity contribution in [2.75, 3.05) is 25.4 Å². The Balaban J connectivity index is 3.61. The van der Waals surface area contributed by atoms with E-state index in [2.05, 4.69) is 18.7 Å². The summed E-state index contributed by atoms with van der Waals surface area (Å²) in [6.45, 7) is 7.01. The molecule has 0 aromatic heterocycles. The quantitative estimate of drug-likeness (QED) is 0.658. The predicted molar refractivity (Wildman–Crippen MR) is 55.0 cm³/mol. The Morgan fingerprint density at radius 3 is 2.23 bits per heavy atom. The van der Waals surface area contributed by atoms with Gasteiger partial charge in [-0.1, -0.05) is 13.8 Å². The molecule has 4 nitrogen and oxygen atoms in total. The van der Waals surface area contributed by atoms with Crippen molar-refractivity contribution in [1.82, 2.24) is 4.90 Å². The molecule has 0 fully saturated rings. The zero-order chi connectivity index (χ0) is 10.3. The summed E-state index contributed by atoms with van der Waals surface area (Å²) in [6, 6.07) is 0. The smallest absolute Gasteiger partial charge is 0.209 e. The summed E-state index contributed by atoms with van der Waals surface area (Å²) in [5.41, 5.74) is 0. The van der Waals surface area contributed by atoms with Crippen LogP contribution in [0.15, 0.2) is 0 Å². The third kappa shape index (κ3) is 8.21. The molecule has 0 amide bonds. The molecule has 0 radical (unpaired) electrons. The minimum absolute atomic E-state index is 0.0905. The van der Waals surface area contributed by atoms with Gasteiger partial charge in [0.25, 0.3) is 0 Å². The van der Waals surface area contributed by atoms with E-state index in [1.165, 1.54) is 0 Å². The summed E-state index contributed by atoms with van der Waals surface area (Å²) in [6.07, 6.45) is 1.73. The van der Waals surface area contributed by atoms with Crippen molar-refractivity contribution in [3.63, 3.8) is 0 Å². The monoisotopic (exact) mass is 208 g/mol. The van der Waals surface area contributed by atoms with Crippen LogP contribution in [0.25, 0.3) is 0 Å². The molecule has 0 heterocycles. The zero-order valence-corrected chi connectivity index (χ0v) is 9.31. The Hall–Kier alpha value is -0.130. The largest absolute Gasteiger partial charge is 0.304 e. The fraction of sp³-hybridized carbons (Fsp3) is 1.00. The van der Waals surface area contributed by atoms with Crippen LogP contribution >= 0.6 is 0 Å². The molecule has 0 aliphatic rings. The molecule has 0 aliphatic carbocycles. The van der Waals surface area contributed by atoms with E-state index in [4.69, 9.17) is 5.14 Å². The third-order valence-corrected chi connectivity index (χ3v) is 2.75. The normalized spacial score (nSPS) is 12.3. The van der Waals surface area contributed by atoms with Crippen LogP contribution in [0.1, 0.15) is 26.7 Å². The van der Waals surface area contributed by atoms with Crippen LogP contribution in [0.3, 0.4) is 0 Å². The van der Waals surface area contributed by atoms with Crippen LogP contribution in [-0.2, 0) is 10.0 Å². The molecule has 5 heteroatoms. The van der Waals surface area contributed by atoms with E-state index in [1.807, 2.05) is 0 Å². The number of nitrogens with two attached hydrogens (primary N) is 1. The SMILES string of the molecule is CCCN(CC)CCCS(N)(=O)=O. The molecule has 0 saturated carbocycles. The maximum absolute atomic E-state index is 10.6. The van der Waals surface area contributed by atoms with Gasteiger partial charge in [0.2, 0.25) is 10.0 Å². The Bertz CT molecular complexity index is 214. The lowest BCUT2D eigenvalue weighted by Gasteiger charge is -2.18. The molecule has 0 unspecified atom stereocenters. The molecule has 0 atom stereocenters. The van der Waals surface area contributed by atoms with Gasteiger partial charge in [0.05, 0.1) is 5.75 Å². The van der Waals surface area contributed by atoms with Crippen molar-refractivity contribution in [2.45, 2.75) is 26.7 Å². The predicted octanol–water partition coefficient (Wildman–Crippen LogP) is 0.397. The maximum Gasteiger partial charge on any atom is 0.209 e. The second-order valence-corrected chi connectivity index (χ2v) is 4.89. The van der Waals surface area contributed by atoms with E-state index in [-0.39, 0.29) is 5.75 Å². The van der Waals surface area contributed by atoms with Gasteiger partial charge in [-0.05, 0) is 32.5 Å². The molecule has 2 N–H and O–H groups in total. The first kappa shape index (κ1) is 12.9. The van der Waals surface area contributed by atoms with Crippen molar-refractivity contribution < 1.29 is 8.42 Å². The topological polar surface area (TPSA) is 63.4 Å². The number of nitrogens with zero attached hydrogens (tertiary/aromatic N) is 1. The fourth-order valence-electron chi connectivity index (χ4n) is 1.23. The van der Waals surface area contributed by atoms with E-state index in [1.54, 1.807) is 0 Å². The minimum Gasteiger partial charge on any atom is -0.304 e. The van der Waals surface area contributed by atoms with E-state index in [0.717, 1.165) is 26.1 Å². The van der Waals surface area contributed by atoms with E-state index >= 15 is 0 Å². The highest BCUT2D eigenvalue weighted by Gasteiger charge is 2.05. The van der Waals surface area contributed by atoms with Crippen molar-refractivity contribution >= 4 is 10.0 Å². The number of hydrogen-bond acceptors (Lipinski definition) is 3. The number of sulfonamides is 1. The zero-order valence-electron chi connectivity index (χ0n) is 8.49. The first-order valence-corrected chi connectivity index (χ1v) is 6.44. The average molecular weight is 208 g/mol.